The van der Waals surface area contributed by atoms with Gasteiger partial charge in [0.1, 0.15) is 11.5 Å². The second kappa shape index (κ2) is 7.97. The molecule has 0 aliphatic carbocycles. The van der Waals surface area contributed by atoms with E-state index < -0.39 is 0 Å². The predicted molar refractivity (Wildman–Crippen MR) is 110 cm³/mol. The third-order valence-electron chi connectivity index (χ3n) is 4.29. The maximum atomic E-state index is 5.32. The Hall–Kier alpha value is -3.94. The number of benzene rings is 2. The summed E-state index contributed by atoms with van der Waals surface area (Å²) in [6.45, 7) is 0. The first kappa shape index (κ1) is 18.4. The number of hydrogen-bond donors (Lipinski definition) is 1. The van der Waals surface area contributed by atoms with Crippen LogP contribution in [0.25, 0.3) is 22.3 Å². The number of nitrogens with one attached hydrogen (secondary N) is 1. The van der Waals surface area contributed by atoms with Gasteiger partial charge in [-0.15, -0.1) is 0 Å². The maximum absolute atomic E-state index is 5.32. The van der Waals surface area contributed by atoms with Crippen molar-refractivity contribution < 1.29 is 14.2 Å². The highest BCUT2D eigenvalue weighted by Gasteiger charge is 2.07. The SMILES string of the molecule is COc1cc(Nc2ccc3ncc(-c4cnc(OC)nc4)nc3c2)cc(OC)c1. The standard InChI is InChI=1S/C21H19N5O3/c1-27-16-6-15(7-17(9-16)28-2)25-14-4-5-18-19(8-14)26-20(12-22-18)13-10-23-21(29-3)24-11-13/h4-12,25H,1-3H3. The van der Waals surface area contributed by atoms with Gasteiger partial charge in [0.25, 0.3) is 0 Å². The van der Waals surface area contributed by atoms with Crippen LogP contribution in [0.5, 0.6) is 17.5 Å². The lowest BCUT2D eigenvalue weighted by molar-refractivity contribution is 0.380. The van der Waals surface area contributed by atoms with E-state index in [9.17, 15) is 0 Å². The fourth-order valence-corrected chi connectivity index (χ4v) is 2.83. The zero-order chi connectivity index (χ0) is 20.2. The van der Waals surface area contributed by atoms with Crippen LogP contribution in [0, 0.1) is 0 Å². The molecule has 2 heterocycles. The van der Waals surface area contributed by atoms with Gasteiger partial charge >= 0.3 is 6.01 Å². The quantitative estimate of drug-likeness (QED) is 0.532. The molecule has 1 N–H and O–H groups in total. The van der Waals surface area contributed by atoms with Crippen LogP contribution in [-0.2, 0) is 0 Å². The normalized spacial score (nSPS) is 10.6. The third kappa shape index (κ3) is 4.01. The number of nitrogens with zero attached hydrogens (tertiary/aromatic N) is 4. The number of ether oxygens (including phenoxy) is 3. The first-order valence-electron chi connectivity index (χ1n) is 8.82. The van der Waals surface area contributed by atoms with Crippen LogP contribution in [0.2, 0.25) is 0 Å². The Bertz CT molecular complexity index is 1130. The van der Waals surface area contributed by atoms with Crippen molar-refractivity contribution in [2.24, 2.45) is 0 Å². The van der Waals surface area contributed by atoms with E-state index in [-0.39, 0.29) is 0 Å². The average Bonchev–Trinajstić information content (AvgIpc) is 2.78. The van der Waals surface area contributed by atoms with Gasteiger partial charge in [0, 0.05) is 47.5 Å². The molecule has 0 saturated heterocycles. The number of methoxy groups -OCH3 is 3. The van der Waals surface area contributed by atoms with E-state index in [0.29, 0.717) is 23.2 Å². The van der Waals surface area contributed by atoms with Crippen LogP contribution >= 0.6 is 0 Å². The lowest BCUT2D eigenvalue weighted by Crippen LogP contribution is -1.96. The van der Waals surface area contributed by atoms with Gasteiger partial charge in [-0.25, -0.2) is 15.0 Å². The molecule has 0 aliphatic heterocycles. The maximum Gasteiger partial charge on any atom is 0.316 e. The third-order valence-corrected chi connectivity index (χ3v) is 4.29. The monoisotopic (exact) mass is 389 g/mol. The van der Waals surface area contributed by atoms with Crippen molar-refractivity contribution in [2.45, 2.75) is 0 Å². The van der Waals surface area contributed by atoms with Gasteiger partial charge < -0.3 is 19.5 Å². The Kier molecular flexibility index (Phi) is 5.07. The van der Waals surface area contributed by atoms with E-state index in [1.165, 1.54) is 7.11 Å². The highest BCUT2D eigenvalue weighted by Crippen LogP contribution is 2.29. The van der Waals surface area contributed by atoms with Crippen LogP contribution in [0.1, 0.15) is 0 Å². The zero-order valence-corrected chi connectivity index (χ0v) is 16.2. The molecule has 4 aromatic rings. The number of hydrogen-bond acceptors (Lipinski definition) is 8. The molecule has 0 fully saturated rings. The Morgan fingerprint density at radius 2 is 1.41 bits per heavy atom. The second-order valence-electron chi connectivity index (χ2n) is 6.14. The van der Waals surface area contributed by atoms with Crippen molar-refractivity contribution in [1.29, 1.82) is 0 Å². The predicted octanol–water partition coefficient (Wildman–Crippen LogP) is 3.86. The lowest BCUT2D eigenvalue weighted by atomic mass is 10.2. The Morgan fingerprint density at radius 1 is 0.690 bits per heavy atom. The van der Waals surface area contributed by atoms with Crippen molar-refractivity contribution in [3.05, 3.63) is 55.0 Å². The van der Waals surface area contributed by atoms with E-state index in [1.807, 2.05) is 36.4 Å². The minimum Gasteiger partial charge on any atom is -0.497 e. The molecule has 0 unspecified atom stereocenters. The summed E-state index contributed by atoms with van der Waals surface area (Å²) in [5.41, 5.74) is 4.69. The number of fused-ring (bicyclic) bond motifs is 1. The summed E-state index contributed by atoms with van der Waals surface area (Å²) < 4.78 is 15.6. The Labute approximate surface area is 167 Å². The van der Waals surface area contributed by atoms with Gasteiger partial charge in [0.15, 0.2) is 0 Å². The van der Waals surface area contributed by atoms with Gasteiger partial charge in [0.2, 0.25) is 0 Å². The molecular formula is C21H19N5O3. The van der Waals surface area contributed by atoms with Gasteiger partial charge in [-0.2, -0.15) is 0 Å². The Balaban J connectivity index is 1.66. The zero-order valence-electron chi connectivity index (χ0n) is 16.2. The van der Waals surface area contributed by atoms with E-state index in [1.54, 1.807) is 32.8 Å². The summed E-state index contributed by atoms with van der Waals surface area (Å²) in [5, 5.41) is 3.35. The number of rotatable bonds is 6. The van der Waals surface area contributed by atoms with Crippen LogP contribution in [0.4, 0.5) is 11.4 Å². The molecule has 0 aliphatic rings. The molecule has 0 atom stereocenters. The summed E-state index contributed by atoms with van der Waals surface area (Å²) in [4.78, 5) is 17.4. The van der Waals surface area contributed by atoms with Crippen molar-refractivity contribution >= 4 is 22.4 Å². The summed E-state index contributed by atoms with van der Waals surface area (Å²) in [7, 11) is 4.76. The number of aromatic nitrogens is 4. The van der Waals surface area contributed by atoms with E-state index in [4.69, 9.17) is 19.2 Å². The van der Waals surface area contributed by atoms with Gasteiger partial charge in [0.05, 0.1) is 44.3 Å². The molecule has 0 spiro atoms. The fourth-order valence-electron chi connectivity index (χ4n) is 2.83. The van der Waals surface area contributed by atoms with E-state index in [2.05, 4.69) is 20.3 Å². The highest BCUT2D eigenvalue weighted by atomic mass is 16.5. The summed E-state index contributed by atoms with van der Waals surface area (Å²) >= 11 is 0. The average molecular weight is 389 g/mol. The summed E-state index contributed by atoms with van der Waals surface area (Å²) in [5.74, 6) is 1.41. The highest BCUT2D eigenvalue weighted by molar-refractivity contribution is 5.82. The van der Waals surface area contributed by atoms with Crippen LogP contribution in [-0.4, -0.2) is 41.3 Å². The molecule has 29 heavy (non-hydrogen) atoms. The summed E-state index contributed by atoms with van der Waals surface area (Å²) in [6, 6.07) is 11.7. The van der Waals surface area contributed by atoms with Crippen LogP contribution in [0.3, 0.4) is 0 Å². The van der Waals surface area contributed by atoms with Crippen molar-refractivity contribution in [2.75, 3.05) is 26.6 Å². The van der Waals surface area contributed by atoms with Crippen LogP contribution in [0.15, 0.2) is 55.0 Å². The molecule has 146 valence electrons. The minimum absolute atomic E-state index is 0.308. The first-order chi connectivity index (χ1) is 14.2. The second-order valence-corrected chi connectivity index (χ2v) is 6.14. The summed E-state index contributed by atoms with van der Waals surface area (Å²) in [6.07, 6.45) is 5.02. The van der Waals surface area contributed by atoms with Crippen molar-refractivity contribution in [1.82, 2.24) is 19.9 Å². The topological polar surface area (TPSA) is 91.3 Å². The van der Waals surface area contributed by atoms with Gasteiger partial charge in [-0.3, -0.25) is 4.98 Å². The molecule has 0 radical (unpaired) electrons. The minimum atomic E-state index is 0.308. The lowest BCUT2D eigenvalue weighted by Gasteiger charge is -2.11. The Morgan fingerprint density at radius 3 is 2.07 bits per heavy atom. The first-order valence-corrected chi connectivity index (χ1v) is 8.82. The number of anilines is 2. The molecule has 0 bridgehead atoms. The molecular weight excluding hydrogens is 370 g/mol. The molecule has 8 heteroatoms. The molecule has 2 aromatic heterocycles. The fraction of sp³-hybridized carbons (Fsp3) is 0.143. The smallest absolute Gasteiger partial charge is 0.316 e. The van der Waals surface area contributed by atoms with Crippen molar-refractivity contribution in [3.8, 4) is 28.8 Å². The van der Waals surface area contributed by atoms with E-state index in [0.717, 1.165) is 28.0 Å². The molecule has 0 amide bonds. The van der Waals surface area contributed by atoms with Crippen molar-refractivity contribution in [3.63, 3.8) is 0 Å². The molecule has 8 nitrogen and oxygen atoms in total. The molecule has 0 saturated carbocycles. The van der Waals surface area contributed by atoms with Crippen LogP contribution < -0.4 is 19.5 Å². The van der Waals surface area contributed by atoms with E-state index >= 15 is 0 Å². The molecule has 4 rings (SSSR count). The largest absolute Gasteiger partial charge is 0.497 e. The van der Waals surface area contributed by atoms with Gasteiger partial charge in [-0.05, 0) is 18.2 Å². The molecule has 2 aromatic carbocycles. The van der Waals surface area contributed by atoms with Gasteiger partial charge in [-0.1, -0.05) is 0 Å².